The van der Waals surface area contributed by atoms with Gasteiger partial charge in [0.2, 0.25) is 11.8 Å². The molecule has 3 atom stereocenters. The third kappa shape index (κ3) is 40.6. The van der Waals surface area contributed by atoms with Gasteiger partial charge in [0.25, 0.3) is 0 Å². The number of rotatable bonds is 44. The fourth-order valence-electron chi connectivity index (χ4n) is 6.97. The van der Waals surface area contributed by atoms with Gasteiger partial charge in [-0.15, -0.1) is 0 Å². The number of carboxylic acids is 1. The van der Waals surface area contributed by atoms with Crippen molar-refractivity contribution in [2.75, 3.05) is 19.7 Å². The van der Waals surface area contributed by atoms with E-state index < -0.39 is 54.3 Å². The molecule has 3 unspecified atom stereocenters. The van der Waals surface area contributed by atoms with E-state index in [0.29, 0.717) is 19.3 Å². The summed E-state index contributed by atoms with van der Waals surface area (Å²) in [4.78, 5) is 66.9. The van der Waals surface area contributed by atoms with E-state index in [0.717, 1.165) is 77.0 Å². The Morgan fingerprint density at radius 2 is 1.05 bits per heavy atom. The number of nitrogens with two attached hydrogens (primary N) is 3. The molecule has 364 valence electrons. The quantitative estimate of drug-likeness (QED) is 0.0111. The molecular weight excluding hydrogens is 801 g/mol. The number of amides is 2. The number of allylic oxidation sites excluding steroid dienone is 4. The molecule has 0 aliphatic heterocycles. The summed E-state index contributed by atoms with van der Waals surface area (Å²) in [5.74, 6) is -3.84. The molecule has 0 aromatic carbocycles. The monoisotopic (exact) mass is 891 g/mol. The van der Waals surface area contributed by atoms with Crippen LogP contribution in [0.25, 0.3) is 0 Å². The molecule has 2 amide bonds. The van der Waals surface area contributed by atoms with Crippen LogP contribution in [-0.2, 0) is 33.4 Å². The van der Waals surface area contributed by atoms with Gasteiger partial charge in [-0.05, 0) is 77.0 Å². The molecule has 14 heteroatoms. The first-order valence-corrected chi connectivity index (χ1v) is 24.8. The number of esters is 2. The fourth-order valence-corrected chi connectivity index (χ4v) is 6.97. The Balaban J connectivity index is 4.91. The topological polar surface area (TPSA) is 239 Å². The number of unbranched alkanes of at least 4 members (excludes halogenated alkanes) is 22. The van der Waals surface area contributed by atoms with Crippen molar-refractivity contribution < 1.29 is 38.6 Å². The van der Waals surface area contributed by atoms with Crippen LogP contribution in [0.3, 0.4) is 0 Å². The van der Waals surface area contributed by atoms with Crippen LogP contribution < -0.4 is 27.8 Å². The zero-order valence-electron chi connectivity index (χ0n) is 39.6. The average molecular weight is 891 g/mol. The normalized spacial score (nSPS) is 12.8. The summed E-state index contributed by atoms with van der Waals surface area (Å²) >= 11 is 0. The van der Waals surface area contributed by atoms with Gasteiger partial charge in [0.1, 0.15) is 12.6 Å². The van der Waals surface area contributed by atoms with Crippen LogP contribution in [0.2, 0.25) is 0 Å². The number of hydrogen-bond acceptors (Lipinski definition) is 9. The molecule has 0 bridgehead atoms. The lowest BCUT2D eigenvalue weighted by Crippen LogP contribution is -2.53. The van der Waals surface area contributed by atoms with Gasteiger partial charge in [-0.25, -0.2) is 0 Å². The van der Waals surface area contributed by atoms with Crippen LogP contribution in [0.4, 0.5) is 0 Å². The van der Waals surface area contributed by atoms with E-state index in [9.17, 15) is 29.1 Å². The standard InChI is InChI=1S/C49H90N6O8/c1-3-5-7-9-11-13-15-17-19-21-23-25-27-29-31-35-45(58)62-40-41(63-46(59)36-32-30-28-26-24-22-20-18-16-14-12-10-8-6-4-2)39-54-48(61)43(38-44(56)57)55-47(60)42(50)34-33-37-53-49(51)52/h17-20,41-43H,3-16,21-40,50H2,1-2H3,(H,54,61)(H,55,60)(H,56,57)(H4,51,52,53)/b19-17-,20-18-. The number of carboxylic acid groups (broad SMARTS) is 1. The number of aliphatic imine (C=N–C) groups is 1. The molecule has 0 radical (unpaired) electrons. The van der Waals surface area contributed by atoms with Crippen molar-refractivity contribution in [1.82, 2.24) is 10.6 Å². The van der Waals surface area contributed by atoms with E-state index in [-0.39, 0.29) is 44.9 Å². The van der Waals surface area contributed by atoms with E-state index in [2.05, 4.69) is 53.8 Å². The van der Waals surface area contributed by atoms with Gasteiger partial charge >= 0.3 is 17.9 Å². The minimum Gasteiger partial charge on any atom is -0.481 e. The predicted octanol–water partition coefficient (Wildman–Crippen LogP) is 8.97. The van der Waals surface area contributed by atoms with E-state index in [1.54, 1.807) is 0 Å². The van der Waals surface area contributed by atoms with Crippen molar-refractivity contribution in [2.45, 2.75) is 231 Å². The van der Waals surface area contributed by atoms with Crippen molar-refractivity contribution in [3.63, 3.8) is 0 Å². The number of nitrogens with zero attached hydrogens (tertiary/aromatic N) is 1. The van der Waals surface area contributed by atoms with Crippen molar-refractivity contribution in [3.05, 3.63) is 24.3 Å². The maximum Gasteiger partial charge on any atom is 0.306 e. The zero-order valence-corrected chi connectivity index (χ0v) is 39.6. The van der Waals surface area contributed by atoms with Crippen LogP contribution in [0.5, 0.6) is 0 Å². The molecule has 14 nitrogen and oxygen atoms in total. The molecule has 0 saturated heterocycles. The number of hydrogen-bond donors (Lipinski definition) is 6. The van der Waals surface area contributed by atoms with Gasteiger partial charge in [0.15, 0.2) is 12.1 Å². The highest BCUT2D eigenvalue weighted by molar-refractivity contribution is 5.92. The Labute approximate surface area is 381 Å². The van der Waals surface area contributed by atoms with Crippen molar-refractivity contribution >= 4 is 35.7 Å². The second-order valence-electron chi connectivity index (χ2n) is 16.9. The average Bonchev–Trinajstić information content (AvgIpc) is 3.25. The number of carbonyl (C=O) groups excluding carboxylic acids is 4. The van der Waals surface area contributed by atoms with Crippen LogP contribution >= 0.6 is 0 Å². The summed E-state index contributed by atoms with van der Waals surface area (Å²) in [6, 6.07) is -2.48. The number of nitrogens with one attached hydrogen (secondary N) is 2. The molecular formula is C49H90N6O8. The molecule has 0 aliphatic rings. The fraction of sp³-hybridized carbons (Fsp3) is 0.796. The molecule has 9 N–H and O–H groups in total. The Hall–Kier alpha value is -3.94. The Bertz CT molecular complexity index is 1270. The van der Waals surface area contributed by atoms with Gasteiger partial charge in [-0.3, -0.25) is 29.0 Å². The lowest BCUT2D eigenvalue weighted by Gasteiger charge is -2.22. The van der Waals surface area contributed by atoms with E-state index >= 15 is 0 Å². The lowest BCUT2D eigenvalue weighted by molar-refractivity contribution is -0.159. The summed E-state index contributed by atoms with van der Waals surface area (Å²) in [6.45, 7) is 4.19. The summed E-state index contributed by atoms with van der Waals surface area (Å²) in [7, 11) is 0. The van der Waals surface area contributed by atoms with Crippen molar-refractivity contribution in [1.29, 1.82) is 0 Å². The second-order valence-corrected chi connectivity index (χ2v) is 16.9. The largest absolute Gasteiger partial charge is 0.481 e. The second kappa shape index (κ2) is 43.3. The maximum atomic E-state index is 13.2. The van der Waals surface area contributed by atoms with Crippen LogP contribution in [0.1, 0.15) is 213 Å². The van der Waals surface area contributed by atoms with Crippen molar-refractivity contribution in [3.8, 4) is 0 Å². The minimum absolute atomic E-state index is 0.0913. The van der Waals surface area contributed by atoms with Gasteiger partial charge in [-0.2, -0.15) is 0 Å². The molecule has 0 saturated carbocycles. The minimum atomic E-state index is -1.45. The maximum absolute atomic E-state index is 13.2. The number of guanidine groups is 1. The third-order valence-corrected chi connectivity index (χ3v) is 10.8. The molecule has 0 aromatic rings. The first-order valence-electron chi connectivity index (χ1n) is 24.8. The van der Waals surface area contributed by atoms with Gasteiger partial charge in [0, 0.05) is 19.4 Å². The number of ether oxygens (including phenoxy) is 2. The first-order chi connectivity index (χ1) is 30.5. The number of carbonyl (C=O) groups is 5. The van der Waals surface area contributed by atoms with Gasteiger partial charge in [-0.1, -0.05) is 141 Å². The molecule has 63 heavy (non-hydrogen) atoms. The highest BCUT2D eigenvalue weighted by Crippen LogP contribution is 2.13. The summed E-state index contributed by atoms with van der Waals surface area (Å²) < 4.78 is 11.1. The molecule has 0 rings (SSSR count). The SMILES string of the molecule is CCCCCCCC/C=C\CCCCCCCC(=O)OCC(CNC(=O)C(CC(=O)O)NC(=O)C(N)CCCN=C(N)N)OC(=O)CCCCCCC/C=C\CCCCCCCC. The summed E-state index contributed by atoms with van der Waals surface area (Å²) in [6.07, 6.45) is 38.1. The van der Waals surface area contributed by atoms with Gasteiger partial charge < -0.3 is 42.4 Å². The van der Waals surface area contributed by atoms with E-state index in [4.69, 9.17) is 26.7 Å². The first kappa shape index (κ1) is 59.1. The Morgan fingerprint density at radius 1 is 0.603 bits per heavy atom. The lowest BCUT2D eigenvalue weighted by atomic mass is 10.1. The third-order valence-electron chi connectivity index (χ3n) is 10.8. The number of aliphatic carboxylic acids is 1. The molecule has 0 fully saturated rings. The molecule has 0 aromatic heterocycles. The zero-order chi connectivity index (χ0) is 46.6. The highest BCUT2D eigenvalue weighted by Gasteiger charge is 2.27. The van der Waals surface area contributed by atoms with Crippen LogP contribution in [0, 0.1) is 0 Å². The molecule has 0 aliphatic carbocycles. The van der Waals surface area contributed by atoms with E-state index in [1.165, 1.54) is 77.0 Å². The summed E-state index contributed by atoms with van der Waals surface area (Å²) in [5, 5.41) is 14.4. The molecule has 0 heterocycles. The predicted molar refractivity (Wildman–Crippen MR) is 255 cm³/mol. The Kier molecular flexibility index (Phi) is 40.6. The highest BCUT2D eigenvalue weighted by atomic mass is 16.6. The van der Waals surface area contributed by atoms with Crippen LogP contribution in [-0.4, -0.2) is 78.7 Å². The smallest absolute Gasteiger partial charge is 0.306 e. The van der Waals surface area contributed by atoms with Crippen molar-refractivity contribution in [2.24, 2.45) is 22.2 Å². The van der Waals surface area contributed by atoms with Crippen LogP contribution in [0.15, 0.2) is 29.3 Å². The molecule has 0 spiro atoms. The van der Waals surface area contributed by atoms with E-state index in [1.807, 2.05) is 0 Å². The van der Waals surface area contributed by atoms with Gasteiger partial charge in [0.05, 0.1) is 19.0 Å². The Morgan fingerprint density at radius 3 is 1.51 bits per heavy atom. The summed E-state index contributed by atoms with van der Waals surface area (Å²) in [5.41, 5.74) is 16.6.